The monoisotopic (exact) mass is 649 g/mol. The summed E-state index contributed by atoms with van der Waals surface area (Å²) < 4.78 is 40.2. The van der Waals surface area contributed by atoms with E-state index in [1.807, 2.05) is 66.7 Å². The Morgan fingerprint density at radius 1 is 0.953 bits per heavy atom. The van der Waals surface area contributed by atoms with Crippen LogP contribution in [-0.4, -0.2) is 35.7 Å². The third kappa shape index (κ3) is 7.27. The van der Waals surface area contributed by atoms with E-state index >= 15 is 0 Å². The van der Waals surface area contributed by atoms with Gasteiger partial charge in [0, 0.05) is 36.0 Å². The lowest BCUT2D eigenvalue weighted by Crippen LogP contribution is -2.53. The Hall–Kier alpha value is -4.12. The second-order valence-electron chi connectivity index (χ2n) is 10.1. The van der Waals surface area contributed by atoms with Crippen LogP contribution in [0.3, 0.4) is 0 Å². The first-order valence-corrected chi connectivity index (χ1v) is 14.5. The lowest BCUT2D eigenvalue weighted by molar-refractivity contribution is -0.130. The van der Waals surface area contributed by atoms with Crippen LogP contribution in [0.25, 0.3) is 0 Å². The van der Waals surface area contributed by atoms with Crippen LogP contribution in [0.4, 0.5) is 8.78 Å². The van der Waals surface area contributed by atoms with Crippen molar-refractivity contribution >= 4 is 27.7 Å². The fraction of sp³-hybridized carbons (Fsp3) is 0.212. The number of ether oxygens (including phenoxy) is 2. The van der Waals surface area contributed by atoms with Gasteiger partial charge in [-0.3, -0.25) is 10.2 Å². The highest BCUT2D eigenvalue weighted by Gasteiger charge is 2.53. The number of hydrogen-bond acceptors (Lipinski definition) is 6. The summed E-state index contributed by atoms with van der Waals surface area (Å²) in [6.07, 6.45) is -0.0451. The molecule has 7 nitrogen and oxygen atoms in total. The molecule has 1 heterocycles. The summed E-state index contributed by atoms with van der Waals surface area (Å²) in [5.41, 5.74) is 6.91. The molecular formula is C33H30BrF2N3O4. The van der Waals surface area contributed by atoms with Crippen LogP contribution in [0.2, 0.25) is 0 Å². The molecule has 1 amide bonds. The molecule has 5 rings (SSSR count). The van der Waals surface area contributed by atoms with Gasteiger partial charge in [-0.15, -0.1) is 0 Å². The van der Waals surface area contributed by atoms with Gasteiger partial charge in [-0.25, -0.2) is 19.2 Å². The van der Waals surface area contributed by atoms with Gasteiger partial charge in [0.1, 0.15) is 5.75 Å². The van der Waals surface area contributed by atoms with Gasteiger partial charge in [0.25, 0.3) is 5.91 Å². The molecule has 0 bridgehead atoms. The molecule has 0 fully saturated rings. The molecule has 2 atom stereocenters. The topological polar surface area (TPSA) is 92.2 Å². The number of nitrogens with one attached hydrogen (secondary N) is 2. The number of carbonyl (C=O) groups excluding carboxylic acids is 1. The Bertz CT molecular complexity index is 1570. The third-order valence-electron chi connectivity index (χ3n) is 7.00. The molecule has 0 saturated heterocycles. The number of carbonyl (C=O) groups is 1. The summed E-state index contributed by atoms with van der Waals surface area (Å²) in [6.45, 7) is 0.488. The van der Waals surface area contributed by atoms with Crippen LogP contribution in [-0.2, 0) is 22.5 Å². The SMILES string of the molecule is O=C(NNCc1ccc(F)c(F)c1)[C@@]1(Cc2ccc(Br)cc2)N=C(c2ccc(OCCCO)cc2)O[C@H]1c1ccccc1. The van der Waals surface area contributed by atoms with Crippen LogP contribution >= 0.6 is 15.9 Å². The van der Waals surface area contributed by atoms with E-state index in [1.54, 1.807) is 12.1 Å². The first-order valence-electron chi connectivity index (χ1n) is 13.8. The molecule has 3 N–H and O–H groups in total. The van der Waals surface area contributed by atoms with E-state index in [2.05, 4.69) is 26.8 Å². The van der Waals surface area contributed by atoms with E-state index in [-0.39, 0.29) is 19.6 Å². The van der Waals surface area contributed by atoms with Crippen molar-refractivity contribution in [3.8, 4) is 5.75 Å². The van der Waals surface area contributed by atoms with Gasteiger partial charge < -0.3 is 14.6 Å². The number of amides is 1. The van der Waals surface area contributed by atoms with Crippen molar-refractivity contribution in [2.45, 2.75) is 31.0 Å². The zero-order chi connectivity index (χ0) is 30.2. The van der Waals surface area contributed by atoms with Crippen molar-refractivity contribution < 1.29 is 28.2 Å². The number of aliphatic imine (C=N–C) groups is 1. The molecular weight excluding hydrogens is 620 g/mol. The third-order valence-corrected chi connectivity index (χ3v) is 7.53. The summed E-state index contributed by atoms with van der Waals surface area (Å²) in [4.78, 5) is 19.1. The van der Waals surface area contributed by atoms with Gasteiger partial charge in [-0.1, -0.05) is 64.5 Å². The van der Waals surface area contributed by atoms with Crippen molar-refractivity contribution in [3.63, 3.8) is 0 Å². The van der Waals surface area contributed by atoms with E-state index in [0.29, 0.717) is 35.8 Å². The first kappa shape index (κ1) is 30.3. The lowest BCUT2D eigenvalue weighted by Gasteiger charge is -2.31. The number of hydrazine groups is 1. The molecule has 222 valence electrons. The maximum absolute atomic E-state index is 14.2. The highest BCUT2D eigenvalue weighted by atomic mass is 79.9. The molecule has 1 aliphatic rings. The highest BCUT2D eigenvalue weighted by Crippen LogP contribution is 2.42. The minimum atomic E-state index is -1.43. The maximum atomic E-state index is 14.2. The number of aliphatic hydroxyl groups is 1. The van der Waals surface area contributed by atoms with Gasteiger partial charge in [0.2, 0.25) is 5.90 Å². The molecule has 0 spiro atoms. The standard InChI is InChI=1S/C33H30BrF2N3O4/c34-26-12-7-22(8-13-26)20-33(32(41)39-37-21-23-9-16-28(35)29(36)19-23)30(24-5-2-1-3-6-24)43-31(38-33)25-10-14-27(15-11-25)42-18-4-17-40/h1-3,5-16,19,30,37,40H,4,17-18,20-21H2,(H,39,41)/t30-,33-/m0/s1. The second-order valence-corrected chi connectivity index (χ2v) is 11.0. The van der Waals surface area contributed by atoms with Crippen LogP contribution in [0, 0.1) is 11.6 Å². The van der Waals surface area contributed by atoms with Crippen molar-refractivity contribution in [2.24, 2.45) is 4.99 Å². The Labute approximate surface area is 256 Å². The Morgan fingerprint density at radius 2 is 1.67 bits per heavy atom. The van der Waals surface area contributed by atoms with Gasteiger partial charge in [0.15, 0.2) is 23.3 Å². The maximum Gasteiger partial charge on any atom is 0.266 e. The predicted molar refractivity (Wildman–Crippen MR) is 162 cm³/mol. The summed E-state index contributed by atoms with van der Waals surface area (Å²) in [5, 5.41) is 9.02. The number of rotatable bonds is 12. The normalized spacial score (nSPS) is 17.7. The Kier molecular flexibility index (Phi) is 9.81. The molecule has 0 aromatic heterocycles. The first-order chi connectivity index (χ1) is 20.9. The van der Waals surface area contributed by atoms with E-state index in [4.69, 9.17) is 19.6 Å². The van der Waals surface area contributed by atoms with Crippen LogP contribution in [0.5, 0.6) is 5.75 Å². The average Bonchev–Trinajstić information content (AvgIpc) is 3.41. The Morgan fingerprint density at radius 3 is 2.37 bits per heavy atom. The zero-order valence-electron chi connectivity index (χ0n) is 23.1. The van der Waals surface area contributed by atoms with E-state index in [0.717, 1.165) is 27.7 Å². The fourth-order valence-corrected chi connectivity index (χ4v) is 5.07. The number of benzene rings is 4. The molecule has 0 aliphatic carbocycles. The largest absolute Gasteiger partial charge is 0.494 e. The smallest absolute Gasteiger partial charge is 0.266 e. The summed E-state index contributed by atoms with van der Waals surface area (Å²) >= 11 is 3.47. The number of halogens is 3. The fourth-order valence-electron chi connectivity index (χ4n) is 4.81. The zero-order valence-corrected chi connectivity index (χ0v) is 24.7. The molecule has 0 saturated carbocycles. The number of nitrogens with zero attached hydrogens (tertiary/aromatic N) is 1. The predicted octanol–water partition coefficient (Wildman–Crippen LogP) is 5.81. The minimum Gasteiger partial charge on any atom is -0.494 e. The minimum absolute atomic E-state index is 0.0434. The van der Waals surface area contributed by atoms with Gasteiger partial charge >= 0.3 is 0 Å². The molecule has 0 unspecified atom stereocenters. The van der Waals surface area contributed by atoms with Crippen LogP contribution in [0.1, 0.15) is 34.8 Å². The summed E-state index contributed by atoms with van der Waals surface area (Å²) in [6, 6.07) is 27.8. The number of hydrogen-bond donors (Lipinski definition) is 3. The van der Waals surface area contributed by atoms with E-state index in [1.165, 1.54) is 6.07 Å². The van der Waals surface area contributed by atoms with Crippen molar-refractivity contribution in [1.82, 2.24) is 10.9 Å². The van der Waals surface area contributed by atoms with Gasteiger partial charge in [0.05, 0.1) is 6.61 Å². The Balaban J connectivity index is 1.49. The van der Waals surface area contributed by atoms with Crippen LogP contribution in [0.15, 0.2) is 107 Å². The second kappa shape index (κ2) is 13.9. The quantitative estimate of drug-likeness (QED) is 0.133. The molecule has 1 aliphatic heterocycles. The van der Waals surface area contributed by atoms with Gasteiger partial charge in [-0.2, -0.15) is 0 Å². The average molecular weight is 651 g/mol. The molecule has 10 heteroatoms. The van der Waals surface area contributed by atoms with Crippen LogP contribution < -0.4 is 15.6 Å². The van der Waals surface area contributed by atoms with E-state index < -0.39 is 29.2 Å². The number of aliphatic hydroxyl groups excluding tert-OH is 1. The van der Waals surface area contributed by atoms with Crippen molar-refractivity contribution in [3.05, 3.63) is 135 Å². The molecule has 4 aromatic rings. The lowest BCUT2D eigenvalue weighted by atomic mass is 9.82. The molecule has 4 aromatic carbocycles. The van der Waals surface area contributed by atoms with Crippen molar-refractivity contribution in [2.75, 3.05) is 13.2 Å². The summed E-state index contributed by atoms with van der Waals surface area (Å²) in [7, 11) is 0. The van der Waals surface area contributed by atoms with E-state index in [9.17, 15) is 13.6 Å². The van der Waals surface area contributed by atoms with Gasteiger partial charge in [-0.05, 0) is 65.2 Å². The summed E-state index contributed by atoms with van der Waals surface area (Å²) in [5.74, 6) is -1.43. The highest BCUT2D eigenvalue weighted by molar-refractivity contribution is 9.10. The van der Waals surface area contributed by atoms with Crippen molar-refractivity contribution in [1.29, 1.82) is 0 Å². The molecule has 43 heavy (non-hydrogen) atoms. The molecule has 0 radical (unpaired) electrons.